The number of β-amino-alcohol motifs (C(OH)–C–C–N with tert-alkyl or cyclic N) is 1. The maximum Gasteiger partial charge on any atom is 0.122 e. The Morgan fingerprint density at radius 2 is 2.28 bits per heavy atom. The highest BCUT2D eigenvalue weighted by molar-refractivity contribution is 5.37. The Morgan fingerprint density at radius 3 is 2.94 bits per heavy atom. The summed E-state index contributed by atoms with van der Waals surface area (Å²) in [4.78, 5) is 0. The van der Waals surface area contributed by atoms with Crippen molar-refractivity contribution in [3.63, 3.8) is 0 Å². The van der Waals surface area contributed by atoms with Crippen LogP contribution < -0.4 is 10.1 Å². The molecule has 0 saturated carbocycles. The van der Waals surface area contributed by atoms with E-state index in [9.17, 15) is 5.11 Å². The quantitative estimate of drug-likeness (QED) is 0.858. The Hall–Kier alpha value is -1.06. The van der Waals surface area contributed by atoms with Crippen LogP contribution in [-0.4, -0.2) is 30.9 Å². The van der Waals surface area contributed by atoms with Crippen LogP contribution in [-0.2, 0) is 6.42 Å². The maximum absolute atomic E-state index is 10.5. The van der Waals surface area contributed by atoms with Crippen molar-refractivity contribution in [3.8, 4) is 5.75 Å². The molecule has 0 bridgehead atoms. The van der Waals surface area contributed by atoms with E-state index < -0.39 is 5.60 Å². The van der Waals surface area contributed by atoms with E-state index in [0.29, 0.717) is 6.54 Å². The van der Waals surface area contributed by atoms with Crippen molar-refractivity contribution in [1.82, 2.24) is 5.32 Å². The number of ether oxygens (including phenoxy) is 1. The summed E-state index contributed by atoms with van der Waals surface area (Å²) in [6, 6.07) is 6.21. The van der Waals surface area contributed by atoms with Crippen molar-refractivity contribution in [2.45, 2.75) is 38.2 Å². The van der Waals surface area contributed by atoms with Crippen LogP contribution in [0, 0.1) is 6.92 Å². The molecular formula is C15H23NO2. The predicted octanol–water partition coefficient (Wildman–Crippen LogP) is 2.05. The lowest BCUT2D eigenvalue weighted by Crippen LogP contribution is -2.45. The summed E-state index contributed by atoms with van der Waals surface area (Å²) in [5.74, 6) is 0.924. The third kappa shape index (κ3) is 3.24. The number of methoxy groups -OCH3 is 1. The molecule has 1 fully saturated rings. The van der Waals surface area contributed by atoms with E-state index in [0.717, 1.165) is 38.0 Å². The van der Waals surface area contributed by atoms with E-state index in [1.165, 1.54) is 11.1 Å². The zero-order valence-electron chi connectivity index (χ0n) is 11.3. The Labute approximate surface area is 109 Å². The normalized spacial score (nSPS) is 23.9. The van der Waals surface area contributed by atoms with E-state index in [-0.39, 0.29) is 0 Å². The summed E-state index contributed by atoms with van der Waals surface area (Å²) >= 11 is 0. The first-order valence-corrected chi connectivity index (χ1v) is 6.70. The fraction of sp³-hybridized carbons (Fsp3) is 0.600. The summed E-state index contributed by atoms with van der Waals surface area (Å²) in [7, 11) is 1.70. The van der Waals surface area contributed by atoms with Crippen LogP contribution in [0.3, 0.4) is 0 Å². The molecule has 1 aliphatic rings. The number of aryl methyl sites for hydroxylation is 2. The number of hydrogen-bond acceptors (Lipinski definition) is 3. The standard InChI is InChI=1S/C15H23NO2/c1-12-4-5-14(18-2)13(10-12)6-8-15(17)7-3-9-16-11-15/h4-5,10,16-17H,3,6-9,11H2,1-2H3. The third-order valence-electron chi connectivity index (χ3n) is 3.75. The van der Waals surface area contributed by atoms with Gasteiger partial charge in [0.05, 0.1) is 12.7 Å². The molecule has 18 heavy (non-hydrogen) atoms. The molecule has 1 aromatic carbocycles. The van der Waals surface area contributed by atoms with E-state index in [2.05, 4.69) is 24.4 Å². The molecule has 1 aliphatic heterocycles. The lowest BCUT2D eigenvalue weighted by Gasteiger charge is -2.32. The van der Waals surface area contributed by atoms with Crippen molar-refractivity contribution < 1.29 is 9.84 Å². The van der Waals surface area contributed by atoms with E-state index in [1.54, 1.807) is 7.11 Å². The molecule has 2 N–H and O–H groups in total. The predicted molar refractivity (Wildman–Crippen MR) is 73.1 cm³/mol. The van der Waals surface area contributed by atoms with Gasteiger partial charge in [0.1, 0.15) is 5.75 Å². The summed E-state index contributed by atoms with van der Waals surface area (Å²) in [5.41, 5.74) is 1.88. The molecule has 0 radical (unpaired) electrons. The van der Waals surface area contributed by atoms with Crippen molar-refractivity contribution in [2.75, 3.05) is 20.2 Å². The van der Waals surface area contributed by atoms with Crippen molar-refractivity contribution in [1.29, 1.82) is 0 Å². The molecule has 3 nitrogen and oxygen atoms in total. The molecule has 1 saturated heterocycles. The van der Waals surface area contributed by atoms with Gasteiger partial charge in [-0.25, -0.2) is 0 Å². The number of aliphatic hydroxyl groups is 1. The minimum absolute atomic E-state index is 0.549. The molecule has 3 heteroatoms. The van der Waals surface area contributed by atoms with Gasteiger partial charge in [-0.2, -0.15) is 0 Å². The SMILES string of the molecule is COc1ccc(C)cc1CCC1(O)CCCNC1. The van der Waals surface area contributed by atoms with Gasteiger partial charge in [-0.15, -0.1) is 0 Å². The molecule has 0 aromatic heterocycles. The fourth-order valence-corrected chi connectivity index (χ4v) is 2.64. The summed E-state index contributed by atoms with van der Waals surface area (Å²) in [6.45, 7) is 3.82. The topological polar surface area (TPSA) is 41.5 Å². The molecule has 2 rings (SSSR count). The smallest absolute Gasteiger partial charge is 0.122 e. The number of nitrogens with one attached hydrogen (secondary N) is 1. The second kappa shape index (κ2) is 5.72. The average molecular weight is 249 g/mol. The molecule has 1 aromatic rings. The number of rotatable bonds is 4. The number of piperidine rings is 1. The zero-order chi connectivity index (χ0) is 13.0. The highest BCUT2D eigenvalue weighted by atomic mass is 16.5. The Morgan fingerprint density at radius 1 is 1.44 bits per heavy atom. The summed E-state index contributed by atoms with van der Waals surface area (Å²) in [5, 5.41) is 13.7. The van der Waals surface area contributed by atoms with Crippen LogP contribution >= 0.6 is 0 Å². The van der Waals surface area contributed by atoms with Gasteiger partial charge in [-0.05, 0) is 50.8 Å². The van der Waals surface area contributed by atoms with Gasteiger partial charge in [0.2, 0.25) is 0 Å². The largest absolute Gasteiger partial charge is 0.496 e. The molecule has 0 amide bonds. The van der Waals surface area contributed by atoms with Crippen LogP contribution in [0.4, 0.5) is 0 Å². The minimum atomic E-state index is -0.549. The lowest BCUT2D eigenvalue weighted by molar-refractivity contribution is 0.00878. The van der Waals surface area contributed by atoms with Crippen LogP contribution in [0.25, 0.3) is 0 Å². The van der Waals surface area contributed by atoms with Gasteiger partial charge >= 0.3 is 0 Å². The molecule has 1 atom stereocenters. The zero-order valence-corrected chi connectivity index (χ0v) is 11.3. The minimum Gasteiger partial charge on any atom is -0.496 e. The second-order valence-corrected chi connectivity index (χ2v) is 5.32. The van der Waals surface area contributed by atoms with Crippen LogP contribution in [0.1, 0.15) is 30.4 Å². The van der Waals surface area contributed by atoms with Crippen molar-refractivity contribution in [2.24, 2.45) is 0 Å². The molecular weight excluding hydrogens is 226 g/mol. The van der Waals surface area contributed by atoms with Crippen molar-refractivity contribution >= 4 is 0 Å². The van der Waals surface area contributed by atoms with Gasteiger partial charge in [-0.1, -0.05) is 17.7 Å². The molecule has 100 valence electrons. The summed E-state index contributed by atoms with van der Waals surface area (Å²) in [6.07, 6.45) is 3.61. The van der Waals surface area contributed by atoms with Gasteiger partial charge in [0.25, 0.3) is 0 Å². The monoisotopic (exact) mass is 249 g/mol. The van der Waals surface area contributed by atoms with E-state index in [1.807, 2.05) is 6.07 Å². The number of hydrogen-bond donors (Lipinski definition) is 2. The van der Waals surface area contributed by atoms with Gasteiger partial charge < -0.3 is 15.2 Å². The maximum atomic E-state index is 10.5. The van der Waals surface area contributed by atoms with E-state index in [4.69, 9.17) is 4.74 Å². The second-order valence-electron chi connectivity index (χ2n) is 5.32. The van der Waals surface area contributed by atoms with Crippen LogP contribution in [0.2, 0.25) is 0 Å². The number of benzene rings is 1. The molecule has 0 spiro atoms. The van der Waals surface area contributed by atoms with Crippen LogP contribution in [0.15, 0.2) is 18.2 Å². The van der Waals surface area contributed by atoms with Crippen molar-refractivity contribution in [3.05, 3.63) is 29.3 Å². The summed E-state index contributed by atoms with van der Waals surface area (Å²) < 4.78 is 5.38. The van der Waals surface area contributed by atoms with Gasteiger partial charge in [0.15, 0.2) is 0 Å². The fourth-order valence-electron chi connectivity index (χ4n) is 2.64. The Balaban J connectivity index is 2.02. The molecule has 0 aliphatic carbocycles. The Bertz CT molecular complexity index is 397. The average Bonchev–Trinajstić information content (AvgIpc) is 2.38. The highest BCUT2D eigenvalue weighted by Crippen LogP contribution is 2.26. The third-order valence-corrected chi connectivity index (χ3v) is 3.75. The highest BCUT2D eigenvalue weighted by Gasteiger charge is 2.28. The van der Waals surface area contributed by atoms with Crippen LogP contribution in [0.5, 0.6) is 5.75 Å². The lowest BCUT2D eigenvalue weighted by atomic mass is 9.87. The first kappa shape index (κ1) is 13.4. The van der Waals surface area contributed by atoms with E-state index >= 15 is 0 Å². The molecule has 1 unspecified atom stereocenters. The first-order chi connectivity index (χ1) is 8.63. The first-order valence-electron chi connectivity index (χ1n) is 6.70. The Kier molecular flexibility index (Phi) is 4.25. The molecule has 1 heterocycles. The van der Waals surface area contributed by atoms with Gasteiger partial charge in [-0.3, -0.25) is 0 Å². The van der Waals surface area contributed by atoms with Gasteiger partial charge in [0, 0.05) is 6.54 Å².